The van der Waals surface area contributed by atoms with Gasteiger partial charge in [0.2, 0.25) is 11.8 Å². The third kappa shape index (κ3) is 5.72. The number of imide groups is 2. The van der Waals surface area contributed by atoms with Crippen LogP contribution in [0.3, 0.4) is 0 Å². The normalized spacial score (nSPS) is 25.0. The van der Waals surface area contributed by atoms with Crippen LogP contribution in [0, 0.1) is 5.41 Å². The van der Waals surface area contributed by atoms with Crippen LogP contribution in [0.2, 0.25) is 0 Å². The van der Waals surface area contributed by atoms with E-state index in [9.17, 15) is 24.0 Å². The Bertz CT molecular complexity index is 1970. The largest absolute Gasteiger partial charge is 0.379 e. The van der Waals surface area contributed by atoms with Crippen molar-refractivity contribution in [1.82, 2.24) is 29.8 Å². The predicted octanol–water partition coefficient (Wildman–Crippen LogP) is 2.17. The molecule has 1 spiro atoms. The molecular weight excluding hydrogens is 704 g/mol. The van der Waals surface area contributed by atoms with Gasteiger partial charge in [0.05, 0.1) is 28.7 Å². The van der Waals surface area contributed by atoms with Gasteiger partial charge in [-0.25, -0.2) is 4.68 Å². The highest BCUT2D eigenvalue weighted by Crippen LogP contribution is 2.45. The first-order valence-electron chi connectivity index (χ1n) is 17.1. The van der Waals surface area contributed by atoms with E-state index in [4.69, 9.17) is 0 Å². The van der Waals surface area contributed by atoms with Crippen molar-refractivity contribution in [3.8, 4) is 0 Å². The smallest absolute Gasteiger partial charge is 0.282 e. The van der Waals surface area contributed by atoms with E-state index in [2.05, 4.69) is 77.7 Å². The number of aryl methyl sites for hydroxylation is 1. The van der Waals surface area contributed by atoms with Gasteiger partial charge in [-0.2, -0.15) is 5.10 Å². The van der Waals surface area contributed by atoms with Gasteiger partial charge in [0.15, 0.2) is 0 Å². The Morgan fingerprint density at radius 1 is 0.960 bits per heavy atom. The first kappa shape index (κ1) is 32.8. The number of likely N-dealkylation sites (N-methyl/N-ethyl adjacent to an activating group) is 1. The van der Waals surface area contributed by atoms with E-state index in [1.807, 2.05) is 6.07 Å². The molecule has 5 aliphatic heterocycles. The molecule has 3 aromatic rings. The summed E-state index contributed by atoms with van der Waals surface area (Å²) in [6.45, 7) is 6.24. The van der Waals surface area contributed by atoms with Crippen molar-refractivity contribution in [3.05, 3.63) is 85.7 Å². The topological polar surface area (TPSA) is 140 Å². The summed E-state index contributed by atoms with van der Waals surface area (Å²) in [6, 6.07) is 13.5. The number of halogens is 1. The fraction of sp³-hybridized carbons (Fsp3) is 0.444. The quantitative estimate of drug-likeness (QED) is 0.347. The van der Waals surface area contributed by atoms with Crippen LogP contribution in [0.1, 0.15) is 57.0 Å². The van der Waals surface area contributed by atoms with Crippen LogP contribution in [-0.4, -0.2) is 107 Å². The molecule has 13 nitrogen and oxygen atoms in total. The van der Waals surface area contributed by atoms with Crippen LogP contribution in [0.4, 0.5) is 11.4 Å². The van der Waals surface area contributed by atoms with Gasteiger partial charge in [0, 0.05) is 70.7 Å². The molecule has 50 heavy (non-hydrogen) atoms. The minimum atomic E-state index is -0.971. The van der Waals surface area contributed by atoms with E-state index in [0.29, 0.717) is 21.5 Å². The van der Waals surface area contributed by atoms with Crippen molar-refractivity contribution in [2.45, 2.75) is 43.8 Å². The van der Waals surface area contributed by atoms with Crippen molar-refractivity contribution < 1.29 is 19.2 Å². The molecule has 2 aromatic carbocycles. The zero-order valence-corrected chi connectivity index (χ0v) is 29.6. The third-order valence-electron chi connectivity index (χ3n) is 10.9. The Kier molecular flexibility index (Phi) is 8.15. The van der Waals surface area contributed by atoms with Gasteiger partial charge < -0.3 is 15.1 Å². The number of rotatable bonds is 7. The lowest BCUT2D eigenvalue weighted by Gasteiger charge is -2.61. The number of benzene rings is 2. The summed E-state index contributed by atoms with van der Waals surface area (Å²) in [7, 11) is 3.77. The lowest BCUT2D eigenvalue weighted by Crippen LogP contribution is -2.72. The van der Waals surface area contributed by atoms with Crippen molar-refractivity contribution in [2.24, 2.45) is 12.5 Å². The number of carbonyl (C=O) groups excluding carboxylic acids is 4. The molecule has 0 radical (unpaired) electrons. The Hall–Kier alpha value is -4.40. The van der Waals surface area contributed by atoms with E-state index in [1.54, 1.807) is 25.4 Å². The Morgan fingerprint density at radius 2 is 1.72 bits per heavy atom. The van der Waals surface area contributed by atoms with Gasteiger partial charge in [0.25, 0.3) is 17.4 Å². The first-order valence-corrected chi connectivity index (χ1v) is 17.9. The van der Waals surface area contributed by atoms with Crippen LogP contribution < -0.4 is 21.1 Å². The highest BCUT2D eigenvalue weighted by molar-refractivity contribution is 9.10. The maximum Gasteiger partial charge on any atom is 0.282 e. The Balaban J connectivity index is 0.858. The molecule has 14 heteroatoms. The SMILES string of the molecule is CN1CC(Nc2cnn(C)c(=O)c2Br)CC(c2ccc(CN3CC4(C3)CN(c3cccc5c3C(=O)N(C3CCC(=O)NC3=O)C5=O)C4)cc2)C1. The fourth-order valence-electron chi connectivity index (χ4n) is 8.56. The van der Waals surface area contributed by atoms with Crippen LogP contribution in [0.15, 0.2) is 57.9 Å². The number of anilines is 2. The highest BCUT2D eigenvalue weighted by Gasteiger charge is 2.53. The van der Waals surface area contributed by atoms with E-state index < -0.39 is 23.8 Å². The fourth-order valence-corrected chi connectivity index (χ4v) is 9.03. The third-order valence-corrected chi connectivity index (χ3v) is 11.7. The van der Waals surface area contributed by atoms with Crippen molar-refractivity contribution in [3.63, 3.8) is 0 Å². The highest BCUT2D eigenvalue weighted by atomic mass is 79.9. The molecule has 6 heterocycles. The number of amides is 4. The van der Waals surface area contributed by atoms with Crippen molar-refractivity contribution in [1.29, 1.82) is 0 Å². The second kappa shape index (κ2) is 12.4. The zero-order chi connectivity index (χ0) is 34.9. The van der Waals surface area contributed by atoms with Crippen molar-refractivity contribution in [2.75, 3.05) is 56.5 Å². The Morgan fingerprint density at radius 3 is 2.46 bits per heavy atom. The molecule has 1 aromatic heterocycles. The average Bonchev–Trinajstić information content (AvgIpc) is 3.31. The number of carbonyl (C=O) groups is 4. The maximum atomic E-state index is 13.5. The molecule has 4 fully saturated rings. The standard InChI is InChI=1S/C36H39BrN8O5/c1-41-15-23(12-24(16-41)39-26-13-38-42(2)35(50)31(26)37)22-8-6-21(7-9-22)14-43-17-36(18-43)19-44(20-36)27-5-3-4-25-30(27)34(49)45(33(25)48)28-10-11-29(46)40-32(28)47/h3-9,13,23-24,28,39H,10-12,14-20H2,1-2H3,(H,40,46,47). The number of aromatic nitrogens is 2. The minimum absolute atomic E-state index is 0.0963. The molecule has 4 saturated heterocycles. The second-order valence-electron chi connectivity index (χ2n) is 14.7. The van der Waals surface area contributed by atoms with Crippen molar-refractivity contribution >= 4 is 50.9 Å². The summed E-state index contributed by atoms with van der Waals surface area (Å²) in [6.07, 6.45) is 2.89. The predicted molar refractivity (Wildman–Crippen MR) is 189 cm³/mol. The number of piperidine rings is 2. The van der Waals surface area contributed by atoms with E-state index >= 15 is 0 Å². The summed E-state index contributed by atoms with van der Waals surface area (Å²) in [4.78, 5) is 71.3. The van der Waals surface area contributed by atoms with Crippen LogP contribution in [-0.2, 0) is 23.2 Å². The Labute approximate surface area is 297 Å². The number of hydrogen-bond acceptors (Lipinski definition) is 10. The molecule has 3 unspecified atom stereocenters. The molecule has 8 rings (SSSR count). The summed E-state index contributed by atoms with van der Waals surface area (Å²) in [5.41, 5.74) is 4.69. The zero-order valence-electron chi connectivity index (χ0n) is 28.0. The maximum absolute atomic E-state index is 13.5. The molecule has 0 aliphatic carbocycles. The average molecular weight is 744 g/mol. The summed E-state index contributed by atoms with van der Waals surface area (Å²) >= 11 is 3.43. The summed E-state index contributed by atoms with van der Waals surface area (Å²) in [5, 5.41) is 9.96. The lowest BCUT2D eigenvalue weighted by molar-refractivity contribution is -0.136. The number of likely N-dealkylation sites (tertiary alicyclic amines) is 2. The number of nitrogens with zero attached hydrogens (tertiary/aromatic N) is 6. The van der Waals surface area contributed by atoms with Gasteiger partial charge in [-0.1, -0.05) is 30.3 Å². The molecule has 3 atom stereocenters. The lowest BCUT2D eigenvalue weighted by atomic mass is 9.72. The van der Waals surface area contributed by atoms with E-state index in [0.717, 1.165) is 68.5 Å². The number of fused-ring (bicyclic) bond motifs is 1. The second-order valence-corrected chi connectivity index (χ2v) is 15.5. The molecule has 0 saturated carbocycles. The number of nitrogens with one attached hydrogen (secondary N) is 2. The van der Waals surface area contributed by atoms with Gasteiger partial charge in [-0.3, -0.25) is 39.1 Å². The first-order chi connectivity index (χ1) is 24.0. The molecule has 260 valence electrons. The van der Waals surface area contributed by atoms with Crippen LogP contribution in [0.5, 0.6) is 0 Å². The summed E-state index contributed by atoms with van der Waals surface area (Å²) < 4.78 is 1.82. The van der Waals surface area contributed by atoms with Gasteiger partial charge >= 0.3 is 0 Å². The van der Waals surface area contributed by atoms with Crippen LogP contribution >= 0.6 is 15.9 Å². The monoisotopic (exact) mass is 742 g/mol. The molecule has 5 aliphatic rings. The van der Waals surface area contributed by atoms with Gasteiger partial charge in [0.1, 0.15) is 10.5 Å². The molecule has 4 amide bonds. The molecule has 2 N–H and O–H groups in total. The summed E-state index contributed by atoms with van der Waals surface area (Å²) in [5.74, 6) is -1.56. The minimum Gasteiger partial charge on any atom is -0.379 e. The van der Waals surface area contributed by atoms with E-state index in [1.165, 1.54) is 15.8 Å². The molecule has 0 bridgehead atoms. The van der Waals surface area contributed by atoms with E-state index in [-0.39, 0.29) is 35.8 Å². The van der Waals surface area contributed by atoms with Gasteiger partial charge in [-0.15, -0.1) is 0 Å². The number of hydrogen-bond donors (Lipinski definition) is 2. The van der Waals surface area contributed by atoms with Gasteiger partial charge in [-0.05, 0) is 65.0 Å². The molecular formula is C36H39BrN8O5. The van der Waals surface area contributed by atoms with Crippen LogP contribution in [0.25, 0.3) is 0 Å².